The number of benzene rings is 2. The number of rotatable bonds is 5. The van der Waals surface area contributed by atoms with Crippen molar-refractivity contribution in [3.63, 3.8) is 0 Å². The second kappa shape index (κ2) is 10.9. The van der Waals surface area contributed by atoms with Gasteiger partial charge in [0.15, 0.2) is 0 Å². The van der Waals surface area contributed by atoms with Crippen LogP contribution in [-0.2, 0) is 27.2 Å². The molecule has 4 amide bonds. The molecule has 0 unspecified atom stereocenters. The topological polar surface area (TPSA) is 88.9 Å². The van der Waals surface area contributed by atoms with Crippen molar-refractivity contribution in [1.82, 2.24) is 4.57 Å². The zero-order valence-electron chi connectivity index (χ0n) is 23.5. The van der Waals surface area contributed by atoms with Crippen molar-refractivity contribution in [3.8, 4) is 5.00 Å². The summed E-state index contributed by atoms with van der Waals surface area (Å²) in [6.07, 6.45) is 5.39. The Morgan fingerprint density at radius 1 is 0.857 bits per heavy atom. The van der Waals surface area contributed by atoms with Crippen LogP contribution in [0.25, 0.3) is 11.1 Å². The van der Waals surface area contributed by atoms with Crippen molar-refractivity contribution in [2.75, 3.05) is 16.9 Å². The summed E-state index contributed by atoms with van der Waals surface area (Å²) in [4.78, 5) is 57.5. The SMILES string of the molecule is COC(=O)c1c(-n2c(C)cc(C=C3C(=O)N(c4ccccc4)C(=O)N(c4ccccc4)C3=O)c2C)sc2c1CCCC2. The number of aromatic nitrogens is 1. The van der Waals surface area contributed by atoms with E-state index in [1.54, 1.807) is 78.1 Å². The number of methoxy groups -OCH3 is 1. The minimum atomic E-state index is -0.739. The first kappa shape index (κ1) is 27.4. The summed E-state index contributed by atoms with van der Waals surface area (Å²) in [6.45, 7) is 3.82. The van der Waals surface area contributed by atoms with Gasteiger partial charge in [0.1, 0.15) is 10.6 Å². The number of aryl methyl sites for hydroxylation is 2. The van der Waals surface area contributed by atoms with Gasteiger partial charge in [0.05, 0.1) is 24.0 Å². The molecule has 8 nitrogen and oxygen atoms in total. The molecule has 1 aliphatic heterocycles. The molecular weight excluding hydrogens is 550 g/mol. The van der Waals surface area contributed by atoms with Crippen LogP contribution in [0.3, 0.4) is 0 Å². The molecule has 4 aromatic rings. The molecule has 1 fully saturated rings. The second-order valence-corrected chi connectivity index (χ2v) is 11.4. The molecule has 0 bridgehead atoms. The van der Waals surface area contributed by atoms with Crippen molar-refractivity contribution in [2.24, 2.45) is 0 Å². The molecular formula is C33H29N3O5S. The number of barbiturate groups is 1. The van der Waals surface area contributed by atoms with Crippen LogP contribution in [0.4, 0.5) is 16.2 Å². The molecule has 0 atom stereocenters. The number of amides is 4. The van der Waals surface area contributed by atoms with E-state index in [1.165, 1.54) is 12.0 Å². The van der Waals surface area contributed by atoms with E-state index >= 15 is 0 Å². The van der Waals surface area contributed by atoms with E-state index in [0.717, 1.165) is 57.4 Å². The van der Waals surface area contributed by atoms with E-state index in [2.05, 4.69) is 0 Å². The highest BCUT2D eigenvalue weighted by molar-refractivity contribution is 7.15. The predicted octanol–water partition coefficient (Wildman–Crippen LogP) is 6.40. The first-order chi connectivity index (χ1) is 20.3. The summed E-state index contributed by atoms with van der Waals surface area (Å²) in [7, 11) is 1.39. The first-order valence-electron chi connectivity index (χ1n) is 13.8. The van der Waals surface area contributed by atoms with Crippen LogP contribution in [0.1, 0.15) is 50.6 Å². The largest absolute Gasteiger partial charge is 0.465 e. The smallest absolute Gasteiger partial charge is 0.343 e. The first-order valence-corrected chi connectivity index (χ1v) is 14.6. The predicted molar refractivity (Wildman–Crippen MR) is 162 cm³/mol. The van der Waals surface area contributed by atoms with Crippen LogP contribution in [0.5, 0.6) is 0 Å². The Balaban J connectivity index is 1.50. The maximum absolute atomic E-state index is 13.8. The zero-order valence-corrected chi connectivity index (χ0v) is 24.4. The monoisotopic (exact) mass is 579 g/mol. The standard InChI is InChI=1S/C33H29N3O5S/c1-20-18-22(21(2)34(20)31-28(32(39)41-3)25-16-10-11-17-27(25)42-31)19-26-29(37)35(23-12-6-4-7-13-23)33(40)36(30(26)38)24-14-8-5-9-15-24/h4-9,12-15,18-19H,10-11,16-17H2,1-3H3. The number of nitrogens with zero attached hydrogens (tertiary/aromatic N) is 3. The zero-order chi connectivity index (χ0) is 29.5. The maximum atomic E-state index is 13.8. The molecule has 1 aliphatic carbocycles. The number of anilines is 2. The second-order valence-electron chi connectivity index (χ2n) is 10.3. The Labute approximate surface area is 247 Å². The Morgan fingerprint density at radius 2 is 1.43 bits per heavy atom. The van der Waals surface area contributed by atoms with E-state index in [9.17, 15) is 19.2 Å². The van der Waals surface area contributed by atoms with E-state index < -0.39 is 17.8 Å². The summed E-state index contributed by atoms with van der Waals surface area (Å²) in [5.74, 6) is -1.77. The van der Waals surface area contributed by atoms with Gasteiger partial charge in [0.25, 0.3) is 11.8 Å². The minimum absolute atomic E-state index is 0.138. The number of hydrogen-bond acceptors (Lipinski definition) is 6. The van der Waals surface area contributed by atoms with Gasteiger partial charge in [0.2, 0.25) is 0 Å². The Kier molecular flexibility index (Phi) is 7.12. The third kappa shape index (κ3) is 4.46. The van der Waals surface area contributed by atoms with Crippen LogP contribution < -0.4 is 9.80 Å². The lowest BCUT2D eigenvalue weighted by Gasteiger charge is -2.33. The molecule has 3 heterocycles. The van der Waals surface area contributed by atoms with Gasteiger partial charge >= 0.3 is 12.0 Å². The van der Waals surface area contributed by atoms with E-state index in [0.29, 0.717) is 22.5 Å². The lowest BCUT2D eigenvalue weighted by Crippen LogP contribution is -2.57. The molecule has 42 heavy (non-hydrogen) atoms. The van der Waals surface area contributed by atoms with Crippen molar-refractivity contribution in [3.05, 3.63) is 105 Å². The van der Waals surface area contributed by atoms with Gasteiger partial charge in [-0.15, -0.1) is 11.3 Å². The van der Waals surface area contributed by atoms with E-state index in [1.807, 2.05) is 24.5 Å². The minimum Gasteiger partial charge on any atom is -0.465 e. The molecule has 2 aliphatic rings. The van der Waals surface area contributed by atoms with Gasteiger partial charge in [-0.2, -0.15) is 0 Å². The molecule has 9 heteroatoms. The molecule has 0 N–H and O–H groups in total. The van der Waals surface area contributed by atoms with Gasteiger partial charge in [-0.05, 0) is 87.1 Å². The number of imide groups is 2. The van der Waals surface area contributed by atoms with Gasteiger partial charge in [-0.3, -0.25) is 9.59 Å². The average molecular weight is 580 g/mol. The van der Waals surface area contributed by atoms with Crippen LogP contribution >= 0.6 is 11.3 Å². The fraction of sp³-hybridized carbons (Fsp3) is 0.212. The van der Waals surface area contributed by atoms with Crippen molar-refractivity contribution in [2.45, 2.75) is 39.5 Å². The summed E-state index contributed by atoms with van der Waals surface area (Å²) >= 11 is 1.59. The Hall–Kier alpha value is -4.76. The van der Waals surface area contributed by atoms with E-state index in [4.69, 9.17) is 4.74 Å². The number of urea groups is 1. The Bertz CT molecular complexity index is 1700. The van der Waals surface area contributed by atoms with Crippen LogP contribution in [0.2, 0.25) is 0 Å². The average Bonchev–Trinajstić information content (AvgIpc) is 3.51. The highest BCUT2D eigenvalue weighted by Crippen LogP contribution is 2.39. The number of carbonyl (C=O) groups excluding carboxylic acids is 4. The maximum Gasteiger partial charge on any atom is 0.343 e. The summed E-state index contributed by atoms with van der Waals surface area (Å²) < 4.78 is 7.18. The van der Waals surface area contributed by atoms with Crippen LogP contribution in [0, 0.1) is 13.8 Å². The van der Waals surface area contributed by atoms with Gasteiger partial charge in [-0.1, -0.05) is 36.4 Å². The van der Waals surface area contributed by atoms with Crippen molar-refractivity contribution < 1.29 is 23.9 Å². The van der Waals surface area contributed by atoms with Crippen LogP contribution in [0.15, 0.2) is 72.3 Å². The molecule has 2 aromatic carbocycles. The van der Waals surface area contributed by atoms with Crippen molar-refractivity contribution >= 4 is 52.6 Å². The summed E-state index contributed by atoms with van der Waals surface area (Å²) in [5.41, 5.74) is 4.47. The molecule has 6 rings (SSSR count). The molecule has 1 saturated heterocycles. The molecule has 2 aromatic heterocycles. The highest BCUT2D eigenvalue weighted by Gasteiger charge is 2.44. The van der Waals surface area contributed by atoms with Gasteiger partial charge < -0.3 is 9.30 Å². The lowest BCUT2D eigenvalue weighted by molar-refractivity contribution is -0.121. The third-order valence-electron chi connectivity index (χ3n) is 7.79. The molecule has 0 spiro atoms. The third-order valence-corrected chi connectivity index (χ3v) is 9.07. The van der Waals surface area contributed by atoms with Crippen molar-refractivity contribution in [1.29, 1.82) is 0 Å². The normalized spacial score (nSPS) is 15.2. The fourth-order valence-corrected chi connectivity index (χ4v) is 7.25. The summed E-state index contributed by atoms with van der Waals surface area (Å²) in [6, 6.07) is 18.3. The summed E-state index contributed by atoms with van der Waals surface area (Å²) in [5, 5.41) is 0.779. The number of thiophene rings is 1. The highest BCUT2D eigenvalue weighted by atomic mass is 32.1. The lowest BCUT2D eigenvalue weighted by atomic mass is 9.95. The molecule has 212 valence electrons. The Morgan fingerprint density at radius 3 is 2.00 bits per heavy atom. The number of fused-ring (bicyclic) bond motifs is 1. The van der Waals surface area contributed by atoms with Crippen LogP contribution in [-0.4, -0.2) is 35.5 Å². The number of hydrogen-bond donors (Lipinski definition) is 0. The molecule has 0 radical (unpaired) electrons. The van der Waals surface area contributed by atoms with E-state index in [-0.39, 0.29) is 11.5 Å². The number of carbonyl (C=O) groups is 4. The number of ether oxygens (including phenoxy) is 1. The fourth-order valence-electron chi connectivity index (χ4n) is 5.76. The van der Waals surface area contributed by atoms with Gasteiger partial charge in [-0.25, -0.2) is 19.4 Å². The number of para-hydroxylation sites is 2. The van der Waals surface area contributed by atoms with Gasteiger partial charge in [0, 0.05) is 16.3 Å². The molecule has 0 saturated carbocycles. The quantitative estimate of drug-likeness (QED) is 0.155. The number of esters is 1.